The Bertz CT molecular complexity index is 618. The minimum atomic E-state index is 0.343. The molecule has 3 rings (SSSR count). The minimum Gasteiger partial charge on any atom is -0.380 e. The molecule has 276 valence electrons. The van der Waals surface area contributed by atoms with Gasteiger partial charge in [-0.05, 0) is 92.6 Å². The van der Waals surface area contributed by atoms with E-state index in [1.54, 1.807) is 0 Å². The monoisotopic (exact) mass is 661 g/mol. The van der Waals surface area contributed by atoms with Crippen molar-refractivity contribution in [2.75, 3.05) is 144 Å². The van der Waals surface area contributed by atoms with Crippen LogP contribution in [0.4, 0.5) is 0 Å². The second kappa shape index (κ2) is 31.8. The van der Waals surface area contributed by atoms with Crippen LogP contribution in [0.25, 0.3) is 0 Å². The Kier molecular flexibility index (Phi) is 30.1. The van der Waals surface area contributed by atoms with E-state index in [4.69, 9.17) is 23.7 Å². The van der Waals surface area contributed by atoms with Crippen LogP contribution >= 0.6 is 0 Å². The molecule has 0 aromatic carbocycles. The SMILES string of the molecule is CC(C)OCCNCCCN1CCOCC1.CCN(CC)CCNCCOC1CC1.CCOCC(C)NCCCN1CCOCC1. The van der Waals surface area contributed by atoms with Gasteiger partial charge in [-0.25, -0.2) is 0 Å². The molecule has 3 N–H and O–H groups in total. The number of nitrogens with zero attached hydrogens (tertiary/aromatic N) is 3. The quantitative estimate of drug-likeness (QED) is 0.126. The van der Waals surface area contributed by atoms with E-state index in [0.717, 1.165) is 131 Å². The largest absolute Gasteiger partial charge is 0.380 e. The predicted octanol–water partition coefficient (Wildman–Crippen LogP) is 2.54. The van der Waals surface area contributed by atoms with Gasteiger partial charge in [-0.3, -0.25) is 9.80 Å². The fourth-order valence-corrected chi connectivity index (χ4v) is 5.01. The Morgan fingerprint density at radius 1 is 0.739 bits per heavy atom. The molecule has 3 fully saturated rings. The molecule has 3 aliphatic rings. The van der Waals surface area contributed by atoms with Crippen LogP contribution in [0.1, 0.15) is 67.2 Å². The molecule has 0 amide bonds. The molecule has 0 bridgehead atoms. The van der Waals surface area contributed by atoms with Gasteiger partial charge in [0.15, 0.2) is 0 Å². The Balaban J connectivity index is 0.000000346. The third kappa shape index (κ3) is 28.6. The van der Waals surface area contributed by atoms with Gasteiger partial charge in [0.2, 0.25) is 0 Å². The summed E-state index contributed by atoms with van der Waals surface area (Å²) in [5, 5.41) is 10.3. The van der Waals surface area contributed by atoms with Crippen molar-refractivity contribution < 1.29 is 23.7 Å². The zero-order valence-corrected chi connectivity index (χ0v) is 31.0. The van der Waals surface area contributed by atoms with Crippen molar-refractivity contribution in [3.05, 3.63) is 0 Å². The van der Waals surface area contributed by atoms with Gasteiger partial charge in [0.05, 0.1) is 58.5 Å². The second-order valence-corrected chi connectivity index (χ2v) is 12.6. The van der Waals surface area contributed by atoms with Crippen molar-refractivity contribution >= 4 is 0 Å². The molecule has 2 aliphatic heterocycles. The predicted molar refractivity (Wildman–Crippen MR) is 191 cm³/mol. The fourth-order valence-electron chi connectivity index (χ4n) is 5.01. The van der Waals surface area contributed by atoms with Crippen LogP contribution in [-0.4, -0.2) is 177 Å². The maximum absolute atomic E-state index is 5.54. The summed E-state index contributed by atoms with van der Waals surface area (Å²) in [5.41, 5.74) is 0. The summed E-state index contributed by atoms with van der Waals surface area (Å²) in [5.74, 6) is 0. The molecule has 2 saturated heterocycles. The van der Waals surface area contributed by atoms with Gasteiger partial charge in [-0.15, -0.1) is 0 Å². The van der Waals surface area contributed by atoms with Crippen LogP contribution in [-0.2, 0) is 23.7 Å². The van der Waals surface area contributed by atoms with Gasteiger partial charge in [0.25, 0.3) is 0 Å². The standard InChI is InChI=1S/2C12H26N2O2.C11H24N2O/c1-12(2)16-9-5-13-4-3-6-14-7-10-15-11-8-14;1-3-15-11-12(2)13-5-4-6-14-7-9-16-10-8-14;1-3-13(4-2)9-7-12-8-10-14-11-5-6-11/h2*12-13H,3-11H2,1-2H3;11-12H,3-10H2,1-2H3. The van der Waals surface area contributed by atoms with E-state index in [-0.39, 0.29) is 0 Å². The highest BCUT2D eigenvalue weighted by Crippen LogP contribution is 2.22. The molecule has 1 atom stereocenters. The van der Waals surface area contributed by atoms with E-state index in [1.165, 1.54) is 38.8 Å². The molecule has 0 aromatic heterocycles. The van der Waals surface area contributed by atoms with Gasteiger partial charge in [0.1, 0.15) is 0 Å². The first-order valence-electron chi connectivity index (χ1n) is 18.8. The van der Waals surface area contributed by atoms with E-state index in [0.29, 0.717) is 18.2 Å². The molecule has 1 saturated carbocycles. The third-order valence-electron chi connectivity index (χ3n) is 8.14. The van der Waals surface area contributed by atoms with Crippen molar-refractivity contribution in [1.82, 2.24) is 30.7 Å². The lowest BCUT2D eigenvalue weighted by molar-refractivity contribution is 0.0372. The van der Waals surface area contributed by atoms with Crippen molar-refractivity contribution in [1.29, 1.82) is 0 Å². The number of nitrogens with one attached hydrogen (secondary N) is 3. The molecule has 46 heavy (non-hydrogen) atoms. The maximum Gasteiger partial charge on any atom is 0.0616 e. The summed E-state index contributed by atoms with van der Waals surface area (Å²) in [6, 6.07) is 0.463. The Hall–Kier alpha value is -0.440. The Morgan fingerprint density at radius 3 is 1.85 bits per heavy atom. The first-order valence-corrected chi connectivity index (χ1v) is 18.8. The number of hydrogen-bond donors (Lipinski definition) is 3. The van der Waals surface area contributed by atoms with Crippen LogP contribution in [0.3, 0.4) is 0 Å². The highest BCUT2D eigenvalue weighted by atomic mass is 16.5. The zero-order valence-electron chi connectivity index (χ0n) is 31.0. The van der Waals surface area contributed by atoms with Crippen molar-refractivity contribution in [3.8, 4) is 0 Å². The Labute approximate surface area is 284 Å². The highest BCUT2D eigenvalue weighted by molar-refractivity contribution is 4.73. The highest BCUT2D eigenvalue weighted by Gasteiger charge is 2.21. The fraction of sp³-hybridized carbons (Fsp3) is 1.00. The molecule has 11 heteroatoms. The topological polar surface area (TPSA) is 92.0 Å². The second-order valence-electron chi connectivity index (χ2n) is 12.6. The smallest absolute Gasteiger partial charge is 0.0616 e. The summed E-state index contributed by atoms with van der Waals surface area (Å²) >= 11 is 0. The number of ether oxygens (including phenoxy) is 5. The summed E-state index contributed by atoms with van der Waals surface area (Å²) in [7, 11) is 0. The summed E-state index contributed by atoms with van der Waals surface area (Å²) in [4.78, 5) is 7.36. The van der Waals surface area contributed by atoms with Crippen molar-refractivity contribution in [3.63, 3.8) is 0 Å². The molecular formula is C35H76N6O5. The van der Waals surface area contributed by atoms with E-state index < -0.39 is 0 Å². The van der Waals surface area contributed by atoms with Crippen LogP contribution < -0.4 is 16.0 Å². The van der Waals surface area contributed by atoms with Gasteiger partial charge < -0.3 is 44.5 Å². The lowest BCUT2D eigenvalue weighted by Gasteiger charge is -2.26. The Morgan fingerprint density at radius 2 is 1.30 bits per heavy atom. The maximum atomic E-state index is 5.54. The molecule has 2 heterocycles. The number of morpholine rings is 2. The van der Waals surface area contributed by atoms with Crippen LogP contribution in [0.2, 0.25) is 0 Å². The van der Waals surface area contributed by atoms with E-state index >= 15 is 0 Å². The average molecular weight is 661 g/mol. The van der Waals surface area contributed by atoms with E-state index in [1.807, 2.05) is 6.92 Å². The van der Waals surface area contributed by atoms with Crippen molar-refractivity contribution in [2.45, 2.75) is 85.5 Å². The van der Waals surface area contributed by atoms with E-state index in [9.17, 15) is 0 Å². The van der Waals surface area contributed by atoms with Crippen LogP contribution in [0.5, 0.6) is 0 Å². The van der Waals surface area contributed by atoms with Crippen LogP contribution in [0, 0.1) is 0 Å². The molecule has 0 spiro atoms. The van der Waals surface area contributed by atoms with Crippen molar-refractivity contribution in [2.24, 2.45) is 0 Å². The molecule has 1 unspecified atom stereocenters. The third-order valence-corrected chi connectivity index (χ3v) is 8.14. The van der Waals surface area contributed by atoms with Gasteiger partial charge in [0, 0.05) is 65.0 Å². The minimum absolute atomic E-state index is 0.343. The molecule has 11 nitrogen and oxygen atoms in total. The zero-order chi connectivity index (χ0) is 33.5. The van der Waals surface area contributed by atoms with Gasteiger partial charge >= 0.3 is 0 Å². The number of likely N-dealkylation sites (N-methyl/N-ethyl adjacent to an activating group) is 1. The summed E-state index contributed by atoms with van der Waals surface area (Å²) in [6.07, 6.45) is 5.91. The first-order chi connectivity index (χ1) is 22.5. The normalized spacial score (nSPS) is 18.3. The molecule has 1 aliphatic carbocycles. The van der Waals surface area contributed by atoms with Gasteiger partial charge in [-0.2, -0.15) is 0 Å². The molecule has 0 aromatic rings. The lowest BCUT2D eigenvalue weighted by Crippen LogP contribution is -2.38. The molecular weight excluding hydrogens is 584 g/mol. The molecule has 0 radical (unpaired) electrons. The summed E-state index contributed by atoms with van der Waals surface area (Å²) in [6.45, 7) is 35.0. The average Bonchev–Trinajstić information content (AvgIpc) is 3.91. The number of hydrogen-bond acceptors (Lipinski definition) is 11. The number of rotatable bonds is 25. The first kappa shape index (κ1) is 43.6. The summed E-state index contributed by atoms with van der Waals surface area (Å²) < 4.78 is 27.0. The lowest BCUT2D eigenvalue weighted by atomic mass is 10.3. The van der Waals surface area contributed by atoms with Crippen LogP contribution in [0.15, 0.2) is 0 Å². The van der Waals surface area contributed by atoms with Gasteiger partial charge in [-0.1, -0.05) is 13.8 Å². The van der Waals surface area contributed by atoms with E-state index in [2.05, 4.69) is 65.3 Å².